The van der Waals surface area contributed by atoms with E-state index >= 15 is 0 Å². The summed E-state index contributed by atoms with van der Waals surface area (Å²) in [5.41, 5.74) is 1.22. The molecule has 0 saturated carbocycles. The second-order valence-corrected chi connectivity index (χ2v) is 4.52. The highest BCUT2D eigenvalue weighted by Gasteiger charge is 2.13. The number of nitrogens with one attached hydrogen (secondary N) is 1. The normalized spacial score (nSPS) is 12.7. The van der Waals surface area contributed by atoms with E-state index in [1.807, 2.05) is 19.1 Å². The van der Waals surface area contributed by atoms with Crippen molar-refractivity contribution in [2.24, 2.45) is 0 Å². The van der Waals surface area contributed by atoms with Crippen molar-refractivity contribution in [1.82, 2.24) is 5.32 Å². The molecule has 0 aliphatic carbocycles. The van der Waals surface area contributed by atoms with Gasteiger partial charge >= 0.3 is 0 Å². The molecule has 0 bridgehead atoms. The van der Waals surface area contributed by atoms with Crippen LogP contribution < -0.4 is 5.32 Å². The minimum absolute atomic E-state index is 0.132. The van der Waals surface area contributed by atoms with Crippen molar-refractivity contribution in [3.63, 3.8) is 0 Å². The number of halogens is 1. The second kappa shape index (κ2) is 7.82. The van der Waals surface area contributed by atoms with Crippen LogP contribution in [0.3, 0.4) is 0 Å². The van der Waals surface area contributed by atoms with Crippen molar-refractivity contribution in [3.8, 4) is 0 Å². The third-order valence-corrected chi connectivity index (χ3v) is 3.10. The van der Waals surface area contributed by atoms with Gasteiger partial charge in [-0.05, 0) is 31.5 Å². The molecule has 16 heavy (non-hydrogen) atoms. The van der Waals surface area contributed by atoms with Crippen LogP contribution in [0, 0.1) is 0 Å². The fourth-order valence-electron chi connectivity index (χ4n) is 1.61. The van der Waals surface area contributed by atoms with E-state index in [-0.39, 0.29) is 6.10 Å². The Hall–Kier alpha value is -0.380. The molecule has 0 aliphatic heterocycles. The van der Waals surface area contributed by atoms with Crippen molar-refractivity contribution in [2.45, 2.75) is 26.4 Å². The lowest BCUT2D eigenvalue weighted by atomic mass is 10.1. The maximum Gasteiger partial charge on any atom is 0.0959 e. The Morgan fingerprint density at radius 3 is 2.69 bits per heavy atom. The fraction of sp³-hybridized carbons (Fsp3) is 0.538. The Balaban J connectivity index is 2.65. The van der Waals surface area contributed by atoms with Gasteiger partial charge in [0.05, 0.1) is 6.10 Å². The van der Waals surface area contributed by atoms with Crippen LogP contribution in [0.15, 0.2) is 28.7 Å². The van der Waals surface area contributed by atoms with Gasteiger partial charge in [0.25, 0.3) is 0 Å². The van der Waals surface area contributed by atoms with Crippen molar-refractivity contribution in [3.05, 3.63) is 34.3 Å². The zero-order valence-electron chi connectivity index (χ0n) is 10.0. The summed E-state index contributed by atoms with van der Waals surface area (Å²) in [5, 5.41) is 3.40. The second-order valence-electron chi connectivity index (χ2n) is 3.67. The lowest BCUT2D eigenvalue weighted by molar-refractivity contribution is 0.0620. The molecule has 90 valence electrons. The Morgan fingerprint density at radius 2 is 2.06 bits per heavy atom. The summed E-state index contributed by atoms with van der Waals surface area (Å²) in [6, 6.07) is 8.24. The van der Waals surface area contributed by atoms with Gasteiger partial charge in [0.1, 0.15) is 0 Å². The molecule has 1 rings (SSSR count). The van der Waals surface area contributed by atoms with Gasteiger partial charge in [0.15, 0.2) is 0 Å². The molecule has 0 saturated heterocycles. The molecule has 0 amide bonds. The molecule has 1 aromatic carbocycles. The molecule has 0 radical (unpaired) electrons. The Bertz CT molecular complexity index is 304. The molecule has 0 fully saturated rings. The summed E-state index contributed by atoms with van der Waals surface area (Å²) in [4.78, 5) is 0. The third kappa shape index (κ3) is 4.24. The van der Waals surface area contributed by atoms with Gasteiger partial charge in [-0.15, -0.1) is 0 Å². The van der Waals surface area contributed by atoms with Gasteiger partial charge < -0.3 is 10.1 Å². The smallest absolute Gasteiger partial charge is 0.0959 e. The summed E-state index contributed by atoms with van der Waals surface area (Å²) in [7, 11) is 0. The van der Waals surface area contributed by atoms with Crippen LogP contribution in [0.5, 0.6) is 0 Å². The predicted molar refractivity (Wildman–Crippen MR) is 71.7 cm³/mol. The van der Waals surface area contributed by atoms with Crippen molar-refractivity contribution in [2.75, 3.05) is 19.7 Å². The van der Waals surface area contributed by atoms with E-state index in [0.29, 0.717) is 0 Å². The summed E-state index contributed by atoms with van der Waals surface area (Å²) in [5.74, 6) is 0. The summed E-state index contributed by atoms with van der Waals surface area (Å²) in [6.45, 7) is 6.84. The van der Waals surface area contributed by atoms with E-state index in [1.165, 1.54) is 5.56 Å². The Kier molecular flexibility index (Phi) is 6.69. The van der Waals surface area contributed by atoms with Crippen molar-refractivity contribution >= 4 is 15.9 Å². The molecule has 0 aliphatic rings. The van der Waals surface area contributed by atoms with E-state index in [1.54, 1.807) is 0 Å². The van der Waals surface area contributed by atoms with Crippen LogP contribution in [0.4, 0.5) is 0 Å². The van der Waals surface area contributed by atoms with Crippen molar-refractivity contribution < 1.29 is 4.74 Å². The summed E-state index contributed by atoms with van der Waals surface area (Å²) in [6.07, 6.45) is 1.28. The van der Waals surface area contributed by atoms with E-state index in [2.05, 4.69) is 40.3 Å². The largest absolute Gasteiger partial charge is 0.372 e. The zero-order valence-corrected chi connectivity index (χ0v) is 11.6. The lowest BCUT2D eigenvalue weighted by Gasteiger charge is -2.19. The van der Waals surface area contributed by atoms with Crippen LogP contribution in [0.25, 0.3) is 0 Å². The number of rotatable bonds is 7. The fourth-order valence-corrected chi connectivity index (χ4v) is 2.15. The minimum atomic E-state index is 0.132. The number of hydrogen-bond acceptors (Lipinski definition) is 2. The molecule has 1 N–H and O–H groups in total. The lowest BCUT2D eigenvalue weighted by Crippen LogP contribution is -2.24. The molecular formula is C13H20BrNO. The molecular weight excluding hydrogens is 266 g/mol. The molecule has 1 atom stereocenters. The van der Waals surface area contributed by atoms with E-state index in [4.69, 9.17) is 4.74 Å². The molecule has 1 aromatic rings. The monoisotopic (exact) mass is 285 g/mol. The average molecular weight is 286 g/mol. The minimum Gasteiger partial charge on any atom is -0.372 e. The first-order valence-corrected chi connectivity index (χ1v) is 6.65. The van der Waals surface area contributed by atoms with Crippen LogP contribution in [-0.4, -0.2) is 19.7 Å². The number of hydrogen-bond donors (Lipinski definition) is 1. The number of ether oxygens (including phenoxy) is 1. The SMILES string of the molecule is CCCNCC(OCC)c1ccccc1Br. The topological polar surface area (TPSA) is 21.3 Å². The van der Waals surface area contributed by atoms with E-state index < -0.39 is 0 Å². The predicted octanol–water partition coefficient (Wildman–Crippen LogP) is 3.53. The quantitative estimate of drug-likeness (QED) is 0.774. The van der Waals surface area contributed by atoms with Gasteiger partial charge in [-0.3, -0.25) is 0 Å². The first-order chi connectivity index (χ1) is 7.79. The molecule has 1 unspecified atom stereocenters. The maximum atomic E-state index is 5.76. The maximum absolute atomic E-state index is 5.76. The molecule has 0 aromatic heterocycles. The summed E-state index contributed by atoms with van der Waals surface area (Å²) >= 11 is 3.57. The van der Waals surface area contributed by atoms with Crippen LogP contribution in [0.1, 0.15) is 31.9 Å². The van der Waals surface area contributed by atoms with Gasteiger partial charge in [0, 0.05) is 17.6 Å². The average Bonchev–Trinajstić information content (AvgIpc) is 2.29. The first kappa shape index (κ1) is 13.7. The Morgan fingerprint density at radius 1 is 1.31 bits per heavy atom. The molecule has 2 nitrogen and oxygen atoms in total. The summed E-state index contributed by atoms with van der Waals surface area (Å²) < 4.78 is 6.88. The van der Waals surface area contributed by atoms with E-state index in [0.717, 1.165) is 30.6 Å². The molecule has 3 heteroatoms. The Labute approximate surface area is 107 Å². The highest BCUT2D eigenvalue weighted by atomic mass is 79.9. The van der Waals surface area contributed by atoms with E-state index in [9.17, 15) is 0 Å². The van der Waals surface area contributed by atoms with Gasteiger partial charge in [-0.25, -0.2) is 0 Å². The highest BCUT2D eigenvalue weighted by molar-refractivity contribution is 9.10. The van der Waals surface area contributed by atoms with Gasteiger partial charge in [0.2, 0.25) is 0 Å². The highest BCUT2D eigenvalue weighted by Crippen LogP contribution is 2.25. The third-order valence-electron chi connectivity index (χ3n) is 2.38. The van der Waals surface area contributed by atoms with Crippen LogP contribution >= 0.6 is 15.9 Å². The van der Waals surface area contributed by atoms with Crippen molar-refractivity contribution in [1.29, 1.82) is 0 Å². The number of benzene rings is 1. The zero-order chi connectivity index (χ0) is 11.8. The molecule has 0 heterocycles. The standard InChI is InChI=1S/C13H20BrNO/c1-3-9-15-10-13(16-4-2)11-7-5-6-8-12(11)14/h5-8,13,15H,3-4,9-10H2,1-2H3. The van der Waals surface area contributed by atoms with Crippen LogP contribution in [-0.2, 0) is 4.74 Å². The van der Waals surface area contributed by atoms with Gasteiger partial charge in [-0.1, -0.05) is 41.1 Å². The van der Waals surface area contributed by atoms with Gasteiger partial charge in [-0.2, -0.15) is 0 Å². The first-order valence-electron chi connectivity index (χ1n) is 5.86. The molecule has 0 spiro atoms. The van der Waals surface area contributed by atoms with Crippen LogP contribution in [0.2, 0.25) is 0 Å².